The van der Waals surface area contributed by atoms with Gasteiger partial charge in [-0.05, 0) is 31.1 Å². The summed E-state index contributed by atoms with van der Waals surface area (Å²) >= 11 is 0. The molecule has 1 saturated carbocycles. The van der Waals surface area contributed by atoms with E-state index in [0.717, 1.165) is 5.92 Å². The molecule has 0 N–H and O–H groups in total. The summed E-state index contributed by atoms with van der Waals surface area (Å²) in [6, 6.07) is 0. The fraction of sp³-hybridized carbons (Fsp3) is 0.889. The summed E-state index contributed by atoms with van der Waals surface area (Å²) < 4.78 is 0. The second-order valence-corrected chi connectivity index (χ2v) is 3.54. The van der Waals surface area contributed by atoms with Gasteiger partial charge in [0.15, 0.2) is 0 Å². The van der Waals surface area contributed by atoms with E-state index in [1.807, 2.05) is 5.92 Å². The van der Waals surface area contributed by atoms with Gasteiger partial charge in [0.05, 0.1) is 0 Å². The molecular weight excluding hydrogens is 108 g/mol. The van der Waals surface area contributed by atoms with Crippen LogP contribution in [0.25, 0.3) is 0 Å². The van der Waals surface area contributed by atoms with Gasteiger partial charge in [-0.2, -0.15) is 0 Å². The minimum Gasteiger partial charge on any atom is -0.0628 e. The molecule has 1 aliphatic rings. The first kappa shape index (κ1) is 7.11. The van der Waals surface area contributed by atoms with Gasteiger partial charge >= 0.3 is 0 Å². The van der Waals surface area contributed by atoms with E-state index in [2.05, 4.69) is 13.8 Å². The highest BCUT2D eigenvalue weighted by molar-refractivity contribution is 4.97. The van der Waals surface area contributed by atoms with Gasteiger partial charge in [0.25, 0.3) is 0 Å². The maximum atomic E-state index is 2.30. The molecule has 53 valence electrons. The number of hydrogen-bond donors (Lipinski definition) is 0. The Balaban J connectivity index is 1.91. The normalized spacial score (nSPS) is 20.3. The van der Waals surface area contributed by atoms with E-state index in [1.54, 1.807) is 0 Å². The van der Waals surface area contributed by atoms with E-state index < -0.39 is 0 Å². The summed E-state index contributed by atoms with van der Waals surface area (Å²) in [4.78, 5) is 0. The highest BCUT2D eigenvalue weighted by atomic mass is 14.2. The van der Waals surface area contributed by atoms with Gasteiger partial charge in [-0.15, -0.1) is 0 Å². The first-order valence-corrected chi connectivity index (χ1v) is 4.12. The predicted octanol–water partition coefficient (Wildman–Crippen LogP) is 3.18. The van der Waals surface area contributed by atoms with Crippen LogP contribution in [-0.4, -0.2) is 0 Å². The Kier molecular flexibility index (Phi) is 2.56. The molecule has 9 heavy (non-hydrogen) atoms. The maximum absolute atomic E-state index is 2.30. The molecule has 0 saturated heterocycles. The van der Waals surface area contributed by atoms with E-state index in [-0.39, 0.29) is 0 Å². The summed E-state index contributed by atoms with van der Waals surface area (Å²) in [6.45, 7) is 4.61. The third kappa shape index (κ3) is 2.38. The van der Waals surface area contributed by atoms with Crippen molar-refractivity contribution in [2.45, 2.75) is 46.0 Å². The lowest BCUT2D eigenvalue weighted by molar-refractivity contribution is 0.457. The zero-order valence-electron chi connectivity index (χ0n) is 6.61. The zero-order chi connectivity index (χ0) is 6.69. The lowest BCUT2D eigenvalue weighted by atomic mass is 9.81. The summed E-state index contributed by atoms with van der Waals surface area (Å²) in [5.74, 6) is 2.72. The zero-order valence-corrected chi connectivity index (χ0v) is 6.61. The average Bonchev–Trinajstić information content (AvgIpc) is 1.60. The third-order valence-corrected chi connectivity index (χ3v) is 2.14. The molecule has 1 radical (unpaired) electrons. The molecule has 0 nitrogen and oxygen atoms in total. The number of hydrogen-bond acceptors (Lipinski definition) is 0. The Morgan fingerprint density at radius 2 is 2.00 bits per heavy atom. The Hall–Kier alpha value is 0. The first-order chi connectivity index (χ1) is 4.29. The molecule has 0 atom stereocenters. The highest BCUT2D eigenvalue weighted by Gasteiger charge is 2.17. The molecule has 0 heteroatoms. The van der Waals surface area contributed by atoms with Crippen LogP contribution in [0.4, 0.5) is 0 Å². The predicted molar refractivity (Wildman–Crippen MR) is 41.2 cm³/mol. The van der Waals surface area contributed by atoms with Crippen LogP contribution in [0, 0.1) is 11.8 Å². The van der Waals surface area contributed by atoms with Crippen molar-refractivity contribution in [3.8, 4) is 0 Å². The van der Waals surface area contributed by atoms with E-state index in [0.29, 0.717) is 0 Å². The van der Waals surface area contributed by atoms with Crippen LogP contribution in [0.5, 0.6) is 0 Å². The average molecular weight is 125 g/mol. The van der Waals surface area contributed by atoms with Crippen LogP contribution in [0.15, 0.2) is 0 Å². The van der Waals surface area contributed by atoms with Crippen molar-refractivity contribution in [1.29, 1.82) is 0 Å². The Bertz CT molecular complexity index is 70.1. The quantitative estimate of drug-likeness (QED) is 0.543. The van der Waals surface area contributed by atoms with Crippen molar-refractivity contribution in [2.75, 3.05) is 0 Å². The van der Waals surface area contributed by atoms with Gasteiger partial charge in [0, 0.05) is 0 Å². The Morgan fingerprint density at radius 3 is 2.33 bits per heavy atom. The van der Waals surface area contributed by atoms with E-state index in [9.17, 15) is 0 Å². The van der Waals surface area contributed by atoms with Gasteiger partial charge in [0.1, 0.15) is 0 Å². The summed E-state index contributed by atoms with van der Waals surface area (Å²) in [6.07, 6.45) is 7.17. The minimum absolute atomic E-state index is 0.901. The second-order valence-electron chi connectivity index (χ2n) is 3.54. The molecule has 1 rings (SSSR count). The topological polar surface area (TPSA) is 0 Å². The lowest BCUT2D eigenvalue weighted by Gasteiger charge is -2.25. The fourth-order valence-electron chi connectivity index (χ4n) is 1.17. The van der Waals surface area contributed by atoms with Crippen molar-refractivity contribution in [2.24, 2.45) is 5.92 Å². The van der Waals surface area contributed by atoms with Crippen molar-refractivity contribution >= 4 is 0 Å². The molecule has 0 bridgehead atoms. The van der Waals surface area contributed by atoms with Gasteiger partial charge in [-0.25, -0.2) is 0 Å². The molecule has 0 spiro atoms. The highest BCUT2D eigenvalue weighted by Crippen LogP contribution is 2.33. The van der Waals surface area contributed by atoms with Crippen LogP contribution >= 0.6 is 0 Å². The van der Waals surface area contributed by atoms with Crippen molar-refractivity contribution < 1.29 is 0 Å². The molecule has 1 aliphatic carbocycles. The smallest absolute Gasteiger partial charge is 0.0241 e. The molecule has 1 fully saturated rings. The molecule has 0 aliphatic heterocycles. The van der Waals surface area contributed by atoms with Crippen molar-refractivity contribution in [1.82, 2.24) is 0 Å². The van der Waals surface area contributed by atoms with Crippen molar-refractivity contribution in [3.63, 3.8) is 0 Å². The van der Waals surface area contributed by atoms with E-state index >= 15 is 0 Å². The largest absolute Gasteiger partial charge is 0.0628 e. The van der Waals surface area contributed by atoms with Crippen LogP contribution in [0.3, 0.4) is 0 Å². The van der Waals surface area contributed by atoms with Crippen molar-refractivity contribution in [3.05, 3.63) is 5.92 Å². The van der Waals surface area contributed by atoms with Crippen LogP contribution < -0.4 is 0 Å². The number of rotatable bonds is 3. The molecule has 0 heterocycles. The van der Waals surface area contributed by atoms with Gasteiger partial charge < -0.3 is 0 Å². The molecule has 0 amide bonds. The second kappa shape index (κ2) is 3.24. The van der Waals surface area contributed by atoms with Crippen LogP contribution in [0.2, 0.25) is 0 Å². The summed E-state index contributed by atoms with van der Waals surface area (Å²) in [5.41, 5.74) is 0. The van der Waals surface area contributed by atoms with Crippen LogP contribution in [-0.2, 0) is 0 Å². The van der Waals surface area contributed by atoms with Gasteiger partial charge in [-0.1, -0.05) is 26.7 Å². The SMILES string of the molecule is CC(C)CC[C]1CCC1. The summed E-state index contributed by atoms with van der Waals surface area (Å²) in [7, 11) is 0. The van der Waals surface area contributed by atoms with E-state index in [4.69, 9.17) is 0 Å². The standard InChI is InChI=1S/C9H17/c1-8(2)6-7-9-4-3-5-9/h8H,3-7H2,1-2H3. The third-order valence-electron chi connectivity index (χ3n) is 2.14. The lowest BCUT2D eigenvalue weighted by Crippen LogP contribution is -2.08. The van der Waals surface area contributed by atoms with Crippen LogP contribution in [0.1, 0.15) is 46.0 Å². The van der Waals surface area contributed by atoms with Gasteiger partial charge in [-0.3, -0.25) is 0 Å². The minimum atomic E-state index is 0.901. The molecule has 0 aromatic rings. The fourth-order valence-corrected chi connectivity index (χ4v) is 1.17. The van der Waals surface area contributed by atoms with Gasteiger partial charge in [0.2, 0.25) is 0 Å². The molecule has 0 aromatic carbocycles. The Morgan fingerprint density at radius 1 is 1.33 bits per heavy atom. The van der Waals surface area contributed by atoms with E-state index in [1.165, 1.54) is 32.1 Å². The summed E-state index contributed by atoms with van der Waals surface area (Å²) in [5, 5.41) is 0. The monoisotopic (exact) mass is 125 g/mol. The molecule has 0 unspecified atom stereocenters. The Labute approximate surface area is 58.7 Å². The molecular formula is C9H17. The first-order valence-electron chi connectivity index (χ1n) is 4.12. The maximum Gasteiger partial charge on any atom is -0.0241 e. The molecule has 0 aromatic heterocycles.